The maximum atomic E-state index is 15.1. The van der Waals surface area contributed by atoms with Crippen molar-refractivity contribution in [1.29, 1.82) is 0 Å². The SMILES string of the molecule is CCC(=O)N[C@@H](C(=O)N1CC[NH+](C)CC1)[C@@H](C)c1ccc(NC(=O)[C@@H](N)[C@@H](C)c2ccc(F)cc2)c(F)c1. The summed E-state index contributed by atoms with van der Waals surface area (Å²) in [7, 11) is 2.07. The molecule has 2 aromatic rings. The van der Waals surface area contributed by atoms with Crippen molar-refractivity contribution >= 4 is 23.4 Å². The Hall–Kier alpha value is -3.37. The minimum absolute atomic E-state index is 0.0461. The van der Waals surface area contributed by atoms with Crippen molar-refractivity contribution in [2.75, 3.05) is 38.5 Å². The number of likely N-dealkylation sites (N-methyl/N-ethyl adjacent to an activating group) is 1. The summed E-state index contributed by atoms with van der Waals surface area (Å²) >= 11 is 0. The molecular formula is C28H38F2N5O3+. The summed E-state index contributed by atoms with van der Waals surface area (Å²) in [6.07, 6.45) is 0.222. The molecule has 0 bridgehead atoms. The van der Waals surface area contributed by atoms with Gasteiger partial charge in [-0.1, -0.05) is 39.0 Å². The summed E-state index contributed by atoms with van der Waals surface area (Å²) in [6.45, 7) is 8.03. The molecule has 4 atom stereocenters. The Bertz CT molecular complexity index is 1140. The van der Waals surface area contributed by atoms with Gasteiger partial charge in [0.05, 0.1) is 45.0 Å². The lowest BCUT2D eigenvalue weighted by molar-refractivity contribution is -0.883. The van der Waals surface area contributed by atoms with Crippen molar-refractivity contribution < 1.29 is 28.1 Å². The van der Waals surface area contributed by atoms with Crippen LogP contribution < -0.4 is 21.3 Å². The van der Waals surface area contributed by atoms with Gasteiger partial charge in [-0.05, 0) is 35.4 Å². The summed E-state index contributed by atoms with van der Waals surface area (Å²) in [6, 6.07) is 8.19. The van der Waals surface area contributed by atoms with Crippen molar-refractivity contribution in [3.05, 3.63) is 65.2 Å². The molecule has 1 heterocycles. The van der Waals surface area contributed by atoms with Crippen LogP contribution >= 0.6 is 0 Å². The van der Waals surface area contributed by atoms with Gasteiger partial charge < -0.3 is 26.2 Å². The number of hydrogen-bond acceptors (Lipinski definition) is 4. The number of nitrogens with two attached hydrogens (primary N) is 1. The van der Waals surface area contributed by atoms with Gasteiger partial charge in [-0.15, -0.1) is 0 Å². The molecule has 3 amide bonds. The Kier molecular flexibility index (Phi) is 9.93. The largest absolute Gasteiger partial charge is 0.344 e. The second kappa shape index (κ2) is 12.9. The first-order valence-electron chi connectivity index (χ1n) is 13.0. The van der Waals surface area contributed by atoms with Crippen LogP contribution in [0.25, 0.3) is 0 Å². The van der Waals surface area contributed by atoms with E-state index in [-0.39, 0.29) is 23.9 Å². The predicted molar refractivity (Wildman–Crippen MR) is 142 cm³/mol. The summed E-state index contributed by atoms with van der Waals surface area (Å²) in [5.41, 5.74) is 7.26. The molecule has 8 nitrogen and oxygen atoms in total. The lowest BCUT2D eigenvalue weighted by Gasteiger charge is -2.34. The second-order valence-electron chi connectivity index (χ2n) is 10.1. The van der Waals surface area contributed by atoms with Crippen molar-refractivity contribution in [2.24, 2.45) is 5.73 Å². The molecule has 2 aromatic carbocycles. The molecule has 0 aliphatic carbocycles. The Balaban J connectivity index is 1.73. The minimum Gasteiger partial charge on any atom is -0.344 e. The van der Waals surface area contributed by atoms with Crippen LogP contribution in [-0.2, 0) is 14.4 Å². The van der Waals surface area contributed by atoms with E-state index in [9.17, 15) is 18.8 Å². The van der Waals surface area contributed by atoms with Crippen LogP contribution in [0.5, 0.6) is 0 Å². The molecule has 0 aromatic heterocycles. The van der Waals surface area contributed by atoms with Crippen LogP contribution in [0, 0.1) is 11.6 Å². The first kappa shape index (κ1) is 29.2. The van der Waals surface area contributed by atoms with E-state index in [4.69, 9.17) is 5.73 Å². The Morgan fingerprint density at radius 2 is 1.61 bits per heavy atom. The van der Waals surface area contributed by atoms with Gasteiger partial charge in [-0.3, -0.25) is 14.4 Å². The molecule has 0 saturated carbocycles. The fourth-order valence-electron chi connectivity index (χ4n) is 4.51. The van der Waals surface area contributed by atoms with E-state index in [0.717, 1.165) is 13.1 Å². The van der Waals surface area contributed by atoms with Crippen molar-refractivity contribution in [2.45, 2.75) is 51.1 Å². The highest BCUT2D eigenvalue weighted by Gasteiger charge is 2.33. The molecule has 1 saturated heterocycles. The van der Waals surface area contributed by atoms with E-state index >= 15 is 4.39 Å². The highest BCUT2D eigenvalue weighted by Crippen LogP contribution is 2.26. The van der Waals surface area contributed by atoms with Crippen LogP contribution in [0.4, 0.5) is 14.5 Å². The van der Waals surface area contributed by atoms with E-state index in [2.05, 4.69) is 17.7 Å². The van der Waals surface area contributed by atoms with E-state index in [1.807, 2.05) is 0 Å². The zero-order chi connectivity index (χ0) is 28.0. The average molecular weight is 531 g/mol. The van der Waals surface area contributed by atoms with Crippen molar-refractivity contribution in [1.82, 2.24) is 10.2 Å². The number of quaternary nitrogens is 1. The van der Waals surface area contributed by atoms with Gasteiger partial charge in [0.1, 0.15) is 17.7 Å². The zero-order valence-electron chi connectivity index (χ0n) is 22.4. The maximum Gasteiger partial charge on any atom is 0.246 e. The first-order valence-corrected chi connectivity index (χ1v) is 13.0. The summed E-state index contributed by atoms with van der Waals surface area (Å²) in [5, 5.41) is 5.34. The quantitative estimate of drug-likeness (QED) is 0.393. The fraction of sp³-hybridized carbons (Fsp3) is 0.464. The van der Waals surface area contributed by atoms with Gasteiger partial charge in [-0.25, -0.2) is 8.78 Å². The molecule has 0 radical (unpaired) electrons. The number of piperazine rings is 1. The molecule has 5 N–H and O–H groups in total. The summed E-state index contributed by atoms with van der Waals surface area (Å²) < 4.78 is 28.3. The van der Waals surface area contributed by atoms with Gasteiger partial charge in [0.25, 0.3) is 0 Å². The molecule has 1 aliphatic rings. The fourth-order valence-corrected chi connectivity index (χ4v) is 4.51. The topological polar surface area (TPSA) is 109 Å². The van der Waals surface area contributed by atoms with Crippen LogP contribution in [0.1, 0.15) is 50.2 Å². The number of amides is 3. The molecule has 1 aliphatic heterocycles. The van der Waals surface area contributed by atoms with Gasteiger partial charge in [-0.2, -0.15) is 0 Å². The van der Waals surface area contributed by atoms with E-state index in [0.29, 0.717) is 24.2 Å². The lowest BCUT2D eigenvalue weighted by atomic mass is 9.91. The van der Waals surface area contributed by atoms with Crippen LogP contribution in [0.3, 0.4) is 0 Å². The molecule has 0 spiro atoms. The third kappa shape index (κ3) is 7.14. The van der Waals surface area contributed by atoms with Crippen molar-refractivity contribution in [3.8, 4) is 0 Å². The molecule has 1 fully saturated rings. The number of carbonyl (C=O) groups excluding carboxylic acids is 3. The maximum absolute atomic E-state index is 15.1. The average Bonchev–Trinajstić information content (AvgIpc) is 2.91. The molecule has 0 unspecified atom stereocenters. The van der Waals surface area contributed by atoms with E-state index in [1.54, 1.807) is 43.9 Å². The zero-order valence-corrected chi connectivity index (χ0v) is 22.4. The molecule has 10 heteroatoms. The lowest BCUT2D eigenvalue weighted by Crippen LogP contribution is -3.12. The number of nitrogens with one attached hydrogen (secondary N) is 3. The first-order chi connectivity index (χ1) is 18.0. The van der Waals surface area contributed by atoms with Crippen LogP contribution in [-0.4, -0.2) is 67.9 Å². The number of rotatable bonds is 9. The Labute approximate surface area is 222 Å². The molecule has 3 rings (SSSR count). The normalized spacial score (nSPS) is 17.3. The Morgan fingerprint density at radius 1 is 1.00 bits per heavy atom. The number of benzene rings is 2. The highest BCUT2D eigenvalue weighted by atomic mass is 19.1. The van der Waals surface area contributed by atoms with E-state index in [1.165, 1.54) is 29.2 Å². The minimum atomic E-state index is -0.991. The van der Waals surface area contributed by atoms with E-state index < -0.39 is 41.5 Å². The van der Waals surface area contributed by atoms with Gasteiger partial charge in [0.2, 0.25) is 17.7 Å². The predicted octanol–water partition coefficient (Wildman–Crippen LogP) is 1.39. The molecular weight excluding hydrogens is 492 g/mol. The van der Waals surface area contributed by atoms with Gasteiger partial charge in [0.15, 0.2) is 0 Å². The monoisotopic (exact) mass is 530 g/mol. The molecule has 206 valence electrons. The molecule has 38 heavy (non-hydrogen) atoms. The highest BCUT2D eigenvalue weighted by molar-refractivity contribution is 5.95. The number of hydrogen-bond donors (Lipinski definition) is 4. The smallest absolute Gasteiger partial charge is 0.246 e. The Morgan fingerprint density at radius 3 is 2.18 bits per heavy atom. The summed E-state index contributed by atoms with van der Waals surface area (Å²) in [4.78, 5) is 41.4. The standard InChI is InChI=1S/C28H37F2N5O3/c1-5-24(36)33-26(28(38)35-14-12-34(4)13-15-35)18(3)20-8-11-23(22(30)16-20)32-27(37)25(31)17(2)19-6-9-21(29)10-7-19/h6-11,16-18,25-26H,5,12-15,31H2,1-4H3,(H,32,37)(H,33,36)/p+1/t17-,18-,25-,26+/m0/s1. The number of halogens is 2. The number of carbonyl (C=O) groups is 3. The van der Waals surface area contributed by atoms with Crippen LogP contribution in [0.15, 0.2) is 42.5 Å². The number of nitrogens with zero attached hydrogens (tertiary/aromatic N) is 1. The third-order valence-corrected chi connectivity index (χ3v) is 7.35. The number of anilines is 1. The van der Waals surface area contributed by atoms with Crippen LogP contribution in [0.2, 0.25) is 0 Å². The van der Waals surface area contributed by atoms with Gasteiger partial charge >= 0.3 is 0 Å². The van der Waals surface area contributed by atoms with Gasteiger partial charge in [0, 0.05) is 18.3 Å². The summed E-state index contributed by atoms with van der Waals surface area (Å²) in [5.74, 6) is -3.04. The van der Waals surface area contributed by atoms with Crippen molar-refractivity contribution in [3.63, 3.8) is 0 Å². The second-order valence-corrected chi connectivity index (χ2v) is 10.1. The third-order valence-electron chi connectivity index (χ3n) is 7.35.